The molecule has 1 aromatic rings. The third-order valence-electron chi connectivity index (χ3n) is 3.22. The molecule has 0 radical (unpaired) electrons. The molecule has 2 atom stereocenters. The summed E-state index contributed by atoms with van der Waals surface area (Å²) in [4.78, 5) is 9.96. The molecule has 0 amide bonds. The summed E-state index contributed by atoms with van der Waals surface area (Å²) in [6, 6.07) is 0.383. The molecule has 1 aromatic heterocycles. The van der Waals surface area contributed by atoms with Crippen molar-refractivity contribution in [2.24, 2.45) is 0 Å². The number of thiophene rings is 1. The lowest BCUT2D eigenvalue weighted by Gasteiger charge is -2.27. The Hall–Kier alpha value is -1.23. The lowest BCUT2D eigenvalue weighted by atomic mass is 9.93. The lowest BCUT2D eigenvalue weighted by Crippen LogP contribution is -2.44. The van der Waals surface area contributed by atoms with Gasteiger partial charge in [0, 0.05) is 12.1 Å². The van der Waals surface area contributed by atoms with Gasteiger partial charge in [0.2, 0.25) is 0 Å². The van der Waals surface area contributed by atoms with Crippen LogP contribution in [0.15, 0.2) is 10.3 Å². The van der Waals surface area contributed by atoms with Crippen molar-refractivity contribution in [2.75, 3.05) is 5.73 Å². The van der Waals surface area contributed by atoms with Crippen molar-refractivity contribution in [2.45, 2.75) is 42.0 Å². The second kappa shape index (κ2) is 5.64. The van der Waals surface area contributed by atoms with Gasteiger partial charge in [-0.2, -0.15) is 0 Å². The highest BCUT2D eigenvalue weighted by Gasteiger charge is 2.31. The van der Waals surface area contributed by atoms with Crippen LogP contribution in [0.3, 0.4) is 0 Å². The van der Waals surface area contributed by atoms with E-state index >= 15 is 0 Å². The molecule has 1 heterocycles. The van der Waals surface area contributed by atoms with E-state index in [-0.39, 0.29) is 9.21 Å². The molecule has 8 nitrogen and oxygen atoms in total. The molecule has 0 spiro atoms. The van der Waals surface area contributed by atoms with E-state index in [9.17, 15) is 23.6 Å². The van der Waals surface area contributed by atoms with E-state index in [1.54, 1.807) is 0 Å². The van der Waals surface area contributed by atoms with Gasteiger partial charge in [-0.25, -0.2) is 13.1 Å². The first-order valence-corrected chi connectivity index (χ1v) is 8.35. The quantitative estimate of drug-likeness (QED) is 0.555. The molecule has 2 rings (SSSR count). The maximum absolute atomic E-state index is 12.1. The van der Waals surface area contributed by atoms with Gasteiger partial charge in [-0.15, -0.1) is 0 Å². The van der Waals surface area contributed by atoms with Crippen LogP contribution in [0, 0.1) is 10.1 Å². The van der Waals surface area contributed by atoms with Gasteiger partial charge in [0.15, 0.2) is 5.00 Å². The molecule has 0 saturated heterocycles. The first kappa shape index (κ1) is 15.2. The summed E-state index contributed by atoms with van der Waals surface area (Å²) < 4.78 is 26.5. The summed E-state index contributed by atoms with van der Waals surface area (Å²) in [5.41, 5.74) is 5.02. The van der Waals surface area contributed by atoms with Gasteiger partial charge in [0.1, 0.15) is 4.21 Å². The topological polar surface area (TPSA) is 136 Å². The van der Waals surface area contributed by atoms with E-state index in [1.165, 1.54) is 0 Å². The van der Waals surface area contributed by atoms with Crippen molar-refractivity contribution in [1.82, 2.24) is 4.72 Å². The Morgan fingerprint density at radius 2 is 2.10 bits per heavy atom. The molecule has 10 heteroatoms. The van der Waals surface area contributed by atoms with Gasteiger partial charge >= 0.3 is 5.69 Å². The van der Waals surface area contributed by atoms with Crippen molar-refractivity contribution in [3.05, 3.63) is 16.2 Å². The Morgan fingerprint density at radius 3 is 2.65 bits per heavy atom. The van der Waals surface area contributed by atoms with Gasteiger partial charge < -0.3 is 10.8 Å². The number of hydrogen-bond donors (Lipinski definition) is 3. The molecule has 20 heavy (non-hydrogen) atoms. The number of nitrogens with one attached hydrogen (secondary N) is 1. The Morgan fingerprint density at radius 1 is 1.45 bits per heavy atom. The molecule has 1 aliphatic carbocycles. The highest BCUT2D eigenvalue weighted by Crippen LogP contribution is 2.34. The number of nitrogens with two attached hydrogens (primary N) is 1. The van der Waals surface area contributed by atoms with Crippen LogP contribution in [-0.4, -0.2) is 30.6 Å². The Labute approximate surface area is 119 Å². The molecule has 1 saturated carbocycles. The van der Waals surface area contributed by atoms with E-state index in [2.05, 4.69) is 4.72 Å². The fraction of sp³-hybridized carbons (Fsp3) is 0.600. The van der Waals surface area contributed by atoms with Crippen LogP contribution >= 0.6 is 11.3 Å². The third kappa shape index (κ3) is 3.08. The van der Waals surface area contributed by atoms with E-state index in [0.29, 0.717) is 24.2 Å². The van der Waals surface area contributed by atoms with Crippen molar-refractivity contribution in [3.8, 4) is 0 Å². The molecule has 1 fully saturated rings. The van der Waals surface area contributed by atoms with Crippen molar-refractivity contribution < 1.29 is 18.4 Å². The SMILES string of the molecule is Nc1sc(S(=O)(=O)NC2CCCCC2O)cc1[N+](=O)[O-]. The van der Waals surface area contributed by atoms with Crippen LogP contribution < -0.4 is 10.5 Å². The minimum Gasteiger partial charge on any atom is -0.391 e. The Bertz CT molecular complexity index is 612. The number of nitrogens with zero attached hydrogens (tertiary/aromatic N) is 1. The molecule has 4 N–H and O–H groups in total. The molecule has 0 aliphatic heterocycles. The zero-order chi connectivity index (χ0) is 14.9. The predicted molar refractivity (Wildman–Crippen MR) is 74.0 cm³/mol. The number of rotatable bonds is 4. The van der Waals surface area contributed by atoms with Crippen LogP contribution in [0.1, 0.15) is 25.7 Å². The molecular formula is C10H15N3O5S2. The number of nitro groups is 1. The third-order valence-corrected chi connectivity index (χ3v) is 6.13. The second-order valence-corrected chi connectivity index (χ2v) is 7.68. The molecule has 1 aliphatic rings. The van der Waals surface area contributed by atoms with Crippen molar-refractivity contribution in [1.29, 1.82) is 0 Å². The summed E-state index contributed by atoms with van der Waals surface area (Å²) in [6.45, 7) is 0. The maximum Gasteiger partial charge on any atom is 0.304 e. The van der Waals surface area contributed by atoms with Gasteiger partial charge in [-0.1, -0.05) is 24.2 Å². The lowest BCUT2D eigenvalue weighted by molar-refractivity contribution is -0.383. The zero-order valence-electron chi connectivity index (χ0n) is 10.5. The highest BCUT2D eigenvalue weighted by atomic mass is 32.2. The average molecular weight is 321 g/mol. The summed E-state index contributed by atoms with van der Waals surface area (Å²) in [5, 5.41) is 20.3. The first-order chi connectivity index (χ1) is 9.31. The standard InChI is InChI=1S/C10H15N3O5S2/c11-10-7(13(15)16)5-9(19-10)20(17,18)12-6-3-1-2-4-8(6)14/h5-6,8,12,14H,1-4,11H2. The fourth-order valence-corrected chi connectivity index (χ4v) is 4.69. The summed E-state index contributed by atoms with van der Waals surface area (Å²) in [7, 11) is -3.90. The van der Waals surface area contributed by atoms with Gasteiger partial charge in [0.25, 0.3) is 10.0 Å². The smallest absolute Gasteiger partial charge is 0.304 e. The van der Waals surface area contributed by atoms with Crippen molar-refractivity contribution in [3.63, 3.8) is 0 Å². The van der Waals surface area contributed by atoms with Crippen LogP contribution in [-0.2, 0) is 10.0 Å². The predicted octanol–water partition coefficient (Wildman–Crippen LogP) is 0.820. The van der Waals surface area contributed by atoms with E-state index in [4.69, 9.17) is 5.73 Å². The highest BCUT2D eigenvalue weighted by molar-refractivity contribution is 7.91. The van der Waals surface area contributed by atoms with Crippen LogP contribution in [0.25, 0.3) is 0 Å². The molecule has 0 bridgehead atoms. The van der Waals surface area contributed by atoms with Gasteiger partial charge in [-0.05, 0) is 12.8 Å². The largest absolute Gasteiger partial charge is 0.391 e. The molecular weight excluding hydrogens is 306 g/mol. The Kier molecular flexibility index (Phi) is 4.28. The van der Waals surface area contributed by atoms with Crippen LogP contribution in [0.4, 0.5) is 10.7 Å². The van der Waals surface area contributed by atoms with E-state index in [0.717, 1.165) is 18.9 Å². The van der Waals surface area contributed by atoms with E-state index in [1.807, 2.05) is 0 Å². The summed E-state index contributed by atoms with van der Waals surface area (Å²) in [5.74, 6) is 0. The van der Waals surface area contributed by atoms with Crippen LogP contribution in [0.5, 0.6) is 0 Å². The van der Waals surface area contributed by atoms with Crippen molar-refractivity contribution >= 4 is 32.0 Å². The molecule has 2 unspecified atom stereocenters. The summed E-state index contributed by atoms with van der Waals surface area (Å²) in [6.07, 6.45) is 2.04. The number of hydrogen-bond acceptors (Lipinski definition) is 7. The fourth-order valence-electron chi connectivity index (χ4n) is 2.15. The normalized spacial score (nSPS) is 23.6. The van der Waals surface area contributed by atoms with E-state index < -0.39 is 32.8 Å². The minimum absolute atomic E-state index is 0.153. The van der Waals surface area contributed by atoms with Gasteiger partial charge in [-0.3, -0.25) is 10.1 Å². The number of anilines is 1. The minimum atomic E-state index is -3.90. The molecule has 0 aromatic carbocycles. The molecule has 112 valence electrons. The monoisotopic (exact) mass is 321 g/mol. The maximum atomic E-state index is 12.1. The first-order valence-electron chi connectivity index (χ1n) is 6.05. The number of nitrogen functional groups attached to an aromatic ring is 1. The van der Waals surface area contributed by atoms with Crippen LogP contribution in [0.2, 0.25) is 0 Å². The average Bonchev–Trinajstić information content (AvgIpc) is 2.75. The summed E-state index contributed by atoms with van der Waals surface area (Å²) >= 11 is 0.643. The second-order valence-electron chi connectivity index (χ2n) is 4.65. The zero-order valence-corrected chi connectivity index (χ0v) is 12.1. The number of aliphatic hydroxyl groups excluding tert-OH is 1. The number of sulfonamides is 1. The number of aliphatic hydroxyl groups is 1. The Balaban J connectivity index is 2.22. The van der Waals surface area contributed by atoms with Gasteiger partial charge in [0.05, 0.1) is 11.0 Å².